The van der Waals surface area contributed by atoms with Crippen LogP contribution in [0.15, 0.2) is 29.0 Å². The number of oxazole rings is 1. The van der Waals surface area contributed by atoms with Crippen molar-refractivity contribution in [3.63, 3.8) is 0 Å². The van der Waals surface area contributed by atoms with Crippen molar-refractivity contribution >= 4 is 5.91 Å². The number of carbonyl (C=O) groups is 1. The minimum absolute atomic E-state index is 0.0985. The Bertz CT molecular complexity index is 773. The van der Waals surface area contributed by atoms with Gasteiger partial charge in [-0.15, -0.1) is 0 Å². The van der Waals surface area contributed by atoms with Crippen LogP contribution in [-0.2, 0) is 0 Å². The van der Waals surface area contributed by atoms with Crippen LogP contribution in [0.25, 0.3) is 11.3 Å². The number of rotatable bonds is 3. The molecule has 0 bridgehead atoms. The van der Waals surface area contributed by atoms with Crippen LogP contribution >= 0.6 is 0 Å². The molecule has 1 aromatic heterocycles. The molecule has 0 radical (unpaired) electrons. The van der Waals surface area contributed by atoms with Crippen LogP contribution in [-0.4, -0.2) is 55.2 Å². The van der Waals surface area contributed by atoms with Gasteiger partial charge in [-0.3, -0.25) is 4.79 Å². The summed E-state index contributed by atoms with van der Waals surface area (Å²) in [6.45, 7) is 2.48. The fourth-order valence-corrected chi connectivity index (χ4v) is 3.33. The highest BCUT2D eigenvalue weighted by molar-refractivity contribution is 5.97. The van der Waals surface area contributed by atoms with E-state index in [4.69, 9.17) is 13.9 Å². The lowest BCUT2D eigenvalue weighted by atomic mass is 10.0. The zero-order valence-corrected chi connectivity index (χ0v) is 14.2. The number of hydrogen-bond donors (Lipinski definition) is 1. The molecule has 2 aliphatic heterocycles. The molecule has 7 heteroatoms. The van der Waals surface area contributed by atoms with Gasteiger partial charge >= 0.3 is 0 Å². The number of nitrogens with one attached hydrogen (secondary N) is 1. The summed E-state index contributed by atoms with van der Waals surface area (Å²) >= 11 is 0. The van der Waals surface area contributed by atoms with Crippen LogP contribution in [0.1, 0.15) is 23.3 Å². The van der Waals surface area contributed by atoms with E-state index < -0.39 is 0 Å². The number of amides is 1. The highest BCUT2D eigenvalue weighted by atomic mass is 16.6. The third kappa shape index (κ3) is 3.07. The van der Waals surface area contributed by atoms with Gasteiger partial charge < -0.3 is 24.1 Å². The number of aromatic nitrogens is 1. The van der Waals surface area contributed by atoms with E-state index in [2.05, 4.69) is 10.3 Å². The number of hydrogen-bond acceptors (Lipinski definition) is 6. The summed E-state index contributed by atoms with van der Waals surface area (Å²) in [4.78, 5) is 18.9. The predicted molar refractivity (Wildman–Crippen MR) is 90.9 cm³/mol. The first-order valence-corrected chi connectivity index (χ1v) is 8.56. The van der Waals surface area contributed by atoms with Gasteiger partial charge in [0.15, 0.2) is 29.3 Å². The second-order valence-corrected chi connectivity index (χ2v) is 6.27. The number of carbonyl (C=O) groups excluding carboxylic acids is 1. The molecule has 4 rings (SSSR count). The first-order valence-electron chi connectivity index (χ1n) is 8.56. The first kappa shape index (κ1) is 16.0. The fourth-order valence-electron chi connectivity index (χ4n) is 3.33. The van der Waals surface area contributed by atoms with Gasteiger partial charge in [-0.1, -0.05) is 0 Å². The van der Waals surface area contributed by atoms with Gasteiger partial charge in [-0.25, -0.2) is 4.98 Å². The summed E-state index contributed by atoms with van der Waals surface area (Å²) in [5, 5.41) is 3.25. The van der Waals surface area contributed by atoms with E-state index in [9.17, 15) is 4.79 Å². The number of ether oxygens (including phenoxy) is 2. The molecule has 7 nitrogen and oxygen atoms in total. The largest absolute Gasteiger partial charge is 0.486 e. The normalized spacial score (nSPS) is 19.7. The maximum Gasteiger partial charge on any atom is 0.276 e. The maximum absolute atomic E-state index is 12.9. The Morgan fingerprint density at radius 2 is 2.12 bits per heavy atom. The molecule has 2 aromatic rings. The van der Waals surface area contributed by atoms with Crippen molar-refractivity contribution in [3.05, 3.63) is 30.3 Å². The van der Waals surface area contributed by atoms with Crippen molar-refractivity contribution in [3.8, 4) is 22.8 Å². The fraction of sp³-hybridized carbons (Fsp3) is 0.444. The Kier molecular flexibility index (Phi) is 4.31. The standard InChI is InChI=1S/C18H21N3O4/c1-19-13-3-2-6-21(10-13)18(22)16-17(25-11-20-16)12-4-5-14-15(9-12)24-8-7-23-14/h4-5,9,11,13,19H,2-3,6-8,10H2,1H3. The second kappa shape index (κ2) is 6.76. The third-order valence-electron chi connectivity index (χ3n) is 4.69. The molecule has 1 atom stereocenters. The van der Waals surface area contributed by atoms with Crippen LogP contribution in [0, 0.1) is 0 Å². The van der Waals surface area contributed by atoms with Crippen molar-refractivity contribution in [2.45, 2.75) is 18.9 Å². The lowest BCUT2D eigenvalue weighted by molar-refractivity contribution is 0.0693. The van der Waals surface area contributed by atoms with E-state index in [0.717, 1.165) is 24.9 Å². The summed E-state index contributed by atoms with van der Waals surface area (Å²) in [5.41, 5.74) is 1.10. The Balaban J connectivity index is 1.61. The van der Waals surface area contributed by atoms with Crippen LogP contribution in [0.5, 0.6) is 11.5 Å². The summed E-state index contributed by atoms with van der Waals surface area (Å²) < 4.78 is 16.7. The minimum atomic E-state index is -0.0985. The molecule has 0 aliphatic carbocycles. The van der Waals surface area contributed by atoms with Gasteiger partial charge in [-0.2, -0.15) is 0 Å². The summed E-state index contributed by atoms with van der Waals surface area (Å²) in [6, 6.07) is 5.84. The molecule has 1 amide bonds. The molecule has 3 heterocycles. The topological polar surface area (TPSA) is 76.8 Å². The summed E-state index contributed by atoms with van der Waals surface area (Å²) in [5.74, 6) is 1.73. The Labute approximate surface area is 145 Å². The molecule has 1 fully saturated rings. The summed E-state index contributed by atoms with van der Waals surface area (Å²) in [7, 11) is 1.93. The molecule has 0 saturated carbocycles. The van der Waals surface area contributed by atoms with Crippen molar-refractivity contribution in [2.75, 3.05) is 33.4 Å². The van der Waals surface area contributed by atoms with Gasteiger partial charge in [0.25, 0.3) is 5.91 Å². The molecule has 132 valence electrons. The molecular weight excluding hydrogens is 322 g/mol. The highest BCUT2D eigenvalue weighted by Crippen LogP contribution is 2.35. The van der Waals surface area contributed by atoms with Crippen LogP contribution in [0.2, 0.25) is 0 Å². The number of piperidine rings is 1. The van der Waals surface area contributed by atoms with E-state index in [1.165, 1.54) is 6.39 Å². The number of likely N-dealkylation sites (tertiary alicyclic amines) is 1. The molecular formula is C18H21N3O4. The minimum Gasteiger partial charge on any atom is -0.486 e. The molecule has 25 heavy (non-hydrogen) atoms. The predicted octanol–water partition coefficient (Wildman–Crippen LogP) is 1.94. The van der Waals surface area contributed by atoms with Gasteiger partial charge in [0, 0.05) is 24.7 Å². The van der Waals surface area contributed by atoms with Crippen LogP contribution in [0.3, 0.4) is 0 Å². The van der Waals surface area contributed by atoms with Gasteiger partial charge in [-0.05, 0) is 38.1 Å². The highest BCUT2D eigenvalue weighted by Gasteiger charge is 2.28. The Hall–Kier alpha value is -2.54. The van der Waals surface area contributed by atoms with E-state index in [1.807, 2.05) is 30.1 Å². The Morgan fingerprint density at radius 1 is 1.28 bits per heavy atom. The molecule has 1 unspecified atom stereocenters. The van der Waals surface area contributed by atoms with Gasteiger partial charge in [0.05, 0.1) is 0 Å². The van der Waals surface area contributed by atoms with Crippen molar-refractivity contribution in [1.29, 1.82) is 0 Å². The van der Waals surface area contributed by atoms with Crippen LogP contribution in [0.4, 0.5) is 0 Å². The number of benzene rings is 1. The SMILES string of the molecule is CNC1CCCN(C(=O)c2ncoc2-c2ccc3c(c2)OCCO3)C1. The molecule has 1 N–H and O–H groups in total. The van der Waals surface area contributed by atoms with Crippen LogP contribution < -0.4 is 14.8 Å². The zero-order valence-electron chi connectivity index (χ0n) is 14.2. The first-order chi connectivity index (χ1) is 12.3. The van der Waals surface area contributed by atoms with Crippen molar-refractivity contribution in [2.24, 2.45) is 0 Å². The molecule has 1 aromatic carbocycles. The molecule has 1 saturated heterocycles. The quantitative estimate of drug-likeness (QED) is 0.918. The van der Waals surface area contributed by atoms with E-state index in [0.29, 0.717) is 48.8 Å². The lowest BCUT2D eigenvalue weighted by Crippen LogP contribution is -2.47. The maximum atomic E-state index is 12.9. The molecule has 2 aliphatic rings. The van der Waals surface area contributed by atoms with E-state index in [-0.39, 0.29) is 5.91 Å². The number of fused-ring (bicyclic) bond motifs is 1. The zero-order chi connectivity index (χ0) is 17.2. The number of nitrogens with zero attached hydrogens (tertiary/aromatic N) is 2. The second-order valence-electron chi connectivity index (χ2n) is 6.27. The smallest absolute Gasteiger partial charge is 0.276 e. The van der Waals surface area contributed by atoms with Crippen molar-refractivity contribution in [1.82, 2.24) is 15.2 Å². The Morgan fingerprint density at radius 3 is 2.96 bits per heavy atom. The lowest BCUT2D eigenvalue weighted by Gasteiger charge is -2.32. The molecule has 0 spiro atoms. The average Bonchev–Trinajstić information content (AvgIpc) is 3.17. The van der Waals surface area contributed by atoms with Gasteiger partial charge in [0.2, 0.25) is 0 Å². The number of likely N-dealkylation sites (N-methyl/N-ethyl adjacent to an activating group) is 1. The van der Waals surface area contributed by atoms with E-state index >= 15 is 0 Å². The van der Waals surface area contributed by atoms with Gasteiger partial charge in [0.1, 0.15) is 13.2 Å². The van der Waals surface area contributed by atoms with E-state index in [1.54, 1.807) is 0 Å². The summed E-state index contributed by atoms with van der Waals surface area (Å²) in [6.07, 6.45) is 3.38. The monoisotopic (exact) mass is 343 g/mol. The average molecular weight is 343 g/mol. The van der Waals surface area contributed by atoms with Crippen molar-refractivity contribution < 1.29 is 18.7 Å². The third-order valence-corrected chi connectivity index (χ3v) is 4.69.